The lowest BCUT2D eigenvalue weighted by Crippen LogP contribution is -2.46. The van der Waals surface area contributed by atoms with Crippen molar-refractivity contribution in [3.05, 3.63) is 0 Å². The molecule has 1 N–H and O–H groups in total. The minimum atomic E-state index is 0.308. The third-order valence-electron chi connectivity index (χ3n) is 4.24. The van der Waals surface area contributed by atoms with Gasteiger partial charge in [-0.05, 0) is 31.7 Å². The van der Waals surface area contributed by atoms with Crippen LogP contribution in [0, 0.1) is 5.92 Å². The molecule has 0 bridgehead atoms. The van der Waals surface area contributed by atoms with E-state index in [-0.39, 0.29) is 0 Å². The summed E-state index contributed by atoms with van der Waals surface area (Å²) in [6.07, 6.45) is 3.86. The first-order chi connectivity index (χ1) is 9.90. The number of piperidine rings is 1. The molecule has 124 valence electrons. The predicted molar refractivity (Wildman–Crippen MR) is 89.4 cm³/mol. The van der Waals surface area contributed by atoms with Crippen molar-refractivity contribution >= 4 is 5.91 Å². The second kappa shape index (κ2) is 9.42. The molecular weight excluding hydrogens is 262 g/mol. The van der Waals surface area contributed by atoms with Gasteiger partial charge in [-0.15, -0.1) is 0 Å². The normalized spacial score (nSPS) is 17.7. The highest BCUT2D eigenvalue weighted by atomic mass is 16.2. The number of hydrogen-bond acceptors (Lipinski definition) is 3. The van der Waals surface area contributed by atoms with Crippen LogP contribution in [-0.4, -0.2) is 61.0 Å². The fourth-order valence-corrected chi connectivity index (χ4v) is 3.02. The number of hydrogen-bond donors (Lipinski definition) is 1. The van der Waals surface area contributed by atoms with Gasteiger partial charge in [0.25, 0.3) is 0 Å². The van der Waals surface area contributed by atoms with Crippen molar-refractivity contribution in [2.45, 2.75) is 65.5 Å². The quantitative estimate of drug-likeness (QED) is 0.699. The van der Waals surface area contributed by atoms with Crippen molar-refractivity contribution in [2.24, 2.45) is 5.92 Å². The van der Waals surface area contributed by atoms with Crippen molar-refractivity contribution < 1.29 is 4.79 Å². The third-order valence-corrected chi connectivity index (χ3v) is 4.24. The highest BCUT2D eigenvalue weighted by Gasteiger charge is 2.25. The van der Waals surface area contributed by atoms with Crippen LogP contribution in [0.1, 0.15) is 53.4 Å². The first-order valence-electron chi connectivity index (χ1n) is 8.61. The number of amides is 1. The number of rotatable bonds is 8. The fraction of sp³-hybridized carbons (Fsp3) is 0.941. The van der Waals surface area contributed by atoms with Crippen LogP contribution >= 0.6 is 0 Å². The molecule has 1 amide bonds. The summed E-state index contributed by atoms with van der Waals surface area (Å²) in [7, 11) is 1.99. The SMILES string of the molecule is CC(C)CN1CCC(N(C)C(=O)CCCNC(C)C)CC1. The van der Waals surface area contributed by atoms with E-state index in [9.17, 15) is 4.79 Å². The monoisotopic (exact) mass is 297 g/mol. The van der Waals surface area contributed by atoms with E-state index in [1.54, 1.807) is 0 Å². The Hall–Kier alpha value is -0.610. The molecule has 0 saturated carbocycles. The van der Waals surface area contributed by atoms with E-state index in [0.717, 1.165) is 44.8 Å². The Morgan fingerprint density at radius 1 is 1.24 bits per heavy atom. The van der Waals surface area contributed by atoms with Crippen molar-refractivity contribution in [3.8, 4) is 0 Å². The molecule has 0 aromatic rings. The minimum Gasteiger partial charge on any atom is -0.343 e. The van der Waals surface area contributed by atoms with E-state index in [4.69, 9.17) is 0 Å². The van der Waals surface area contributed by atoms with E-state index < -0.39 is 0 Å². The zero-order valence-corrected chi connectivity index (χ0v) is 14.7. The summed E-state index contributed by atoms with van der Waals surface area (Å²) in [5, 5.41) is 3.37. The molecular formula is C17H35N3O. The molecule has 1 heterocycles. The topological polar surface area (TPSA) is 35.6 Å². The molecule has 0 radical (unpaired) electrons. The maximum atomic E-state index is 12.2. The molecule has 21 heavy (non-hydrogen) atoms. The van der Waals surface area contributed by atoms with Gasteiger partial charge in [-0.3, -0.25) is 4.79 Å². The zero-order chi connectivity index (χ0) is 15.8. The Kier molecular flexibility index (Phi) is 8.27. The lowest BCUT2D eigenvalue weighted by molar-refractivity contribution is -0.133. The molecule has 0 aliphatic carbocycles. The van der Waals surface area contributed by atoms with Crippen LogP contribution < -0.4 is 5.32 Å². The Labute approximate surface area is 131 Å². The molecule has 0 aromatic heterocycles. The largest absolute Gasteiger partial charge is 0.343 e. The van der Waals surface area contributed by atoms with Crippen molar-refractivity contribution in [1.82, 2.24) is 15.1 Å². The van der Waals surface area contributed by atoms with E-state index in [1.165, 1.54) is 6.54 Å². The Morgan fingerprint density at radius 2 is 1.86 bits per heavy atom. The summed E-state index contributed by atoms with van der Waals surface area (Å²) < 4.78 is 0. The summed E-state index contributed by atoms with van der Waals surface area (Å²) in [4.78, 5) is 16.8. The van der Waals surface area contributed by atoms with Crippen LogP contribution in [0.5, 0.6) is 0 Å². The average Bonchev–Trinajstić information content (AvgIpc) is 2.42. The third kappa shape index (κ3) is 7.28. The fourth-order valence-electron chi connectivity index (χ4n) is 3.02. The highest BCUT2D eigenvalue weighted by Crippen LogP contribution is 2.17. The Balaban J connectivity index is 2.23. The van der Waals surface area contributed by atoms with Crippen molar-refractivity contribution in [2.75, 3.05) is 33.2 Å². The van der Waals surface area contributed by atoms with Gasteiger partial charge in [0.05, 0.1) is 0 Å². The van der Waals surface area contributed by atoms with Gasteiger partial charge >= 0.3 is 0 Å². The van der Waals surface area contributed by atoms with Crippen LogP contribution in [0.4, 0.5) is 0 Å². The van der Waals surface area contributed by atoms with Gasteiger partial charge in [0.1, 0.15) is 0 Å². The van der Waals surface area contributed by atoms with E-state index >= 15 is 0 Å². The van der Waals surface area contributed by atoms with Gasteiger partial charge < -0.3 is 15.1 Å². The molecule has 4 heteroatoms. The predicted octanol–water partition coefficient (Wildman–Crippen LogP) is 2.34. The summed E-state index contributed by atoms with van der Waals surface area (Å²) in [6, 6.07) is 0.946. The second-order valence-electron chi connectivity index (χ2n) is 7.14. The smallest absolute Gasteiger partial charge is 0.222 e. The maximum Gasteiger partial charge on any atom is 0.222 e. The molecule has 1 aliphatic heterocycles. The van der Waals surface area contributed by atoms with Gasteiger partial charge in [0, 0.05) is 45.2 Å². The molecule has 0 aromatic carbocycles. The van der Waals surface area contributed by atoms with Crippen LogP contribution in [0.3, 0.4) is 0 Å². The molecule has 1 fully saturated rings. The van der Waals surface area contributed by atoms with E-state index in [2.05, 4.69) is 37.9 Å². The summed E-state index contributed by atoms with van der Waals surface area (Å²) in [5.74, 6) is 1.04. The van der Waals surface area contributed by atoms with Gasteiger partial charge in [-0.25, -0.2) is 0 Å². The van der Waals surface area contributed by atoms with Crippen LogP contribution in [0.15, 0.2) is 0 Å². The number of likely N-dealkylation sites (tertiary alicyclic amines) is 1. The van der Waals surface area contributed by atoms with Gasteiger partial charge in [-0.1, -0.05) is 27.7 Å². The first kappa shape index (κ1) is 18.4. The first-order valence-corrected chi connectivity index (χ1v) is 8.61. The summed E-state index contributed by atoms with van der Waals surface area (Å²) in [5.41, 5.74) is 0. The number of carbonyl (C=O) groups is 1. The molecule has 0 spiro atoms. The average molecular weight is 297 g/mol. The molecule has 1 saturated heterocycles. The molecule has 0 unspecified atom stereocenters. The van der Waals surface area contributed by atoms with Gasteiger partial charge in [0.2, 0.25) is 5.91 Å². The second-order valence-corrected chi connectivity index (χ2v) is 7.14. The maximum absolute atomic E-state index is 12.2. The van der Waals surface area contributed by atoms with Crippen LogP contribution in [0.25, 0.3) is 0 Å². The van der Waals surface area contributed by atoms with Crippen molar-refractivity contribution in [3.63, 3.8) is 0 Å². The molecule has 0 atom stereocenters. The summed E-state index contributed by atoms with van der Waals surface area (Å²) >= 11 is 0. The molecule has 4 nitrogen and oxygen atoms in total. The Morgan fingerprint density at radius 3 is 2.38 bits per heavy atom. The lowest BCUT2D eigenvalue weighted by atomic mass is 10.0. The van der Waals surface area contributed by atoms with Crippen LogP contribution in [0.2, 0.25) is 0 Å². The summed E-state index contributed by atoms with van der Waals surface area (Å²) in [6.45, 7) is 13.2. The lowest BCUT2D eigenvalue weighted by Gasteiger charge is -2.37. The standard InChI is InChI=1S/C17H35N3O/c1-14(2)13-20-11-8-16(9-12-20)19(5)17(21)7-6-10-18-15(3)4/h14-16,18H,6-13H2,1-5H3. The van der Waals surface area contributed by atoms with Crippen LogP contribution in [-0.2, 0) is 4.79 Å². The molecule has 1 aliphatic rings. The van der Waals surface area contributed by atoms with E-state index in [1.807, 2.05) is 11.9 Å². The number of carbonyl (C=O) groups excluding carboxylic acids is 1. The van der Waals surface area contributed by atoms with Gasteiger partial charge in [-0.2, -0.15) is 0 Å². The van der Waals surface area contributed by atoms with E-state index in [0.29, 0.717) is 24.4 Å². The van der Waals surface area contributed by atoms with Crippen molar-refractivity contribution in [1.29, 1.82) is 0 Å². The number of nitrogens with one attached hydrogen (secondary N) is 1. The van der Waals surface area contributed by atoms with Gasteiger partial charge in [0.15, 0.2) is 0 Å². The Bertz CT molecular complexity index is 296. The highest BCUT2D eigenvalue weighted by molar-refractivity contribution is 5.76. The molecule has 1 rings (SSSR count). The number of nitrogens with zero attached hydrogens (tertiary/aromatic N) is 2. The zero-order valence-electron chi connectivity index (χ0n) is 14.7. The minimum absolute atomic E-state index is 0.308.